The molecule has 216 valence electrons. The van der Waals surface area contributed by atoms with Crippen molar-refractivity contribution in [2.45, 2.75) is 95.6 Å². The van der Waals surface area contributed by atoms with Crippen LogP contribution in [0.15, 0.2) is 18.2 Å². The largest absolute Gasteiger partial charge is 0.444 e. The number of rotatable bonds is 3. The molecule has 2 aromatic rings. The average Bonchev–Trinajstić information content (AvgIpc) is 3.22. The maximum atomic E-state index is 12.5. The number of hydrogen-bond acceptors (Lipinski definition) is 6. The highest BCUT2D eigenvalue weighted by Gasteiger charge is 2.49. The Kier molecular flexibility index (Phi) is 6.92. The van der Waals surface area contributed by atoms with Crippen LogP contribution in [-0.4, -0.2) is 75.3 Å². The number of hydrogen-bond donors (Lipinski definition) is 1. The van der Waals surface area contributed by atoms with Crippen LogP contribution in [0.4, 0.5) is 4.79 Å². The molecule has 1 unspecified atom stereocenters. The molecule has 1 aromatic carbocycles. The number of piperidine rings is 3. The number of likely N-dealkylation sites (tertiary alicyclic amines) is 2. The lowest BCUT2D eigenvalue weighted by molar-refractivity contribution is -0.134. The van der Waals surface area contributed by atoms with Gasteiger partial charge in [-0.2, -0.15) is 5.10 Å². The Bertz CT molecular complexity index is 1300. The molecule has 1 spiro atoms. The molecule has 1 saturated carbocycles. The van der Waals surface area contributed by atoms with Gasteiger partial charge in [-0.15, -0.1) is 0 Å². The third-order valence-electron chi connectivity index (χ3n) is 9.80. The monoisotopic (exact) mass is 549 g/mol. The molecular weight excluding hydrogens is 506 g/mol. The Morgan fingerprint density at radius 2 is 1.75 bits per heavy atom. The number of nitrogens with one attached hydrogen (secondary N) is 1. The van der Waals surface area contributed by atoms with Gasteiger partial charge in [-0.3, -0.25) is 19.6 Å². The molecule has 4 fully saturated rings. The summed E-state index contributed by atoms with van der Waals surface area (Å²) < 4.78 is 7.46. The molecule has 40 heavy (non-hydrogen) atoms. The summed E-state index contributed by atoms with van der Waals surface area (Å²) in [4.78, 5) is 41.1. The second-order valence-corrected chi connectivity index (χ2v) is 13.6. The number of benzene rings is 1. The minimum absolute atomic E-state index is 0.170. The van der Waals surface area contributed by atoms with Crippen molar-refractivity contribution < 1.29 is 19.1 Å². The van der Waals surface area contributed by atoms with Crippen molar-refractivity contribution in [2.75, 3.05) is 26.2 Å². The topological polar surface area (TPSA) is 96.8 Å². The summed E-state index contributed by atoms with van der Waals surface area (Å²) in [6.45, 7) is 9.64. The molecule has 9 nitrogen and oxygen atoms in total. The fraction of sp³-hybridized carbons (Fsp3) is 0.677. The summed E-state index contributed by atoms with van der Waals surface area (Å²) >= 11 is 0. The molecule has 3 amide bonds. The van der Waals surface area contributed by atoms with Crippen molar-refractivity contribution >= 4 is 28.8 Å². The van der Waals surface area contributed by atoms with Gasteiger partial charge in [-0.1, -0.05) is 12.1 Å². The van der Waals surface area contributed by atoms with Crippen LogP contribution in [0.1, 0.15) is 95.2 Å². The Morgan fingerprint density at radius 3 is 2.40 bits per heavy atom. The first-order valence-electron chi connectivity index (χ1n) is 15.0. The lowest BCUT2D eigenvalue weighted by atomic mass is 9.59. The highest BCUT2D eigenvalue weighted by molar-refractivity contribution is 6.02. The zero-order chi connectivity index (χ0) is 28.2. The van der Waals surface area contributed by atoms with Crippen molar-refractivity contribution in [3.05, 3.63) is 29.5 Å². The van der Waals surface area contributed by atoms with Gasteiger partial charge in [0.15, 0.2) is 0 Å². The first kappa shape index (κ1) is 27.2. The summed E-state index contributed by atoms with van der Waals surface area (Å²) in [6, 6.07) is 7.28. The number of imide groups is 1. The van der Waals surface area contributed by atoms with Gasteiger partial charge in [-0.05, 0) is 102 Å². The SMILES string of the molecule is Cn1nc(C2CCC(=O)NC2=O)c2ccc(C3CCN(C4CC5(CCN(C(=O)OC(C)(C)C)CC5)C4)CC3)cc21. The van der Waals surface area contributed by atoms with E-state index < -0.39 is 5.60 Å². The van der Waals surface area contributed by atoms with E-state index >= 15 is 0 Å². The highest BCUT2D eigenvalue weighted by Crippen LogP contribution is 2.51. The van der Waals surface area contributed by atoms with Crippen LogP contribution in [0.25, 0.3) is 10.9 Å². The average molecular weight is 550 g/mol. The molecule has 3 aliphatic heterocycles. The molecule has 6 rings (SSSR count). The first-order valence-corrected chi connectivity index (χ1v) is 15.0. The Morgan fingerprint density at radius 1 is 1.05 bits per heavy atom. The number of amides is 3. The molecule has 4 heterocycles. The van der Waals surface area contributed by atoms with Crippen LogP contribution in [0.3, 0.4) is 0 Å². The minimum Gasteiger partial charge on any atom is -0.444 e. The Balaban J connectivity index is 1.02. The van der Waals surface area contributed by atoms with Gasteiger partial charge in [0.25, 0.3) is 0 Å². The smallest absolute Gasteiger partial charge is 0.410 e. The maximum absolute atomic E-state index is 12.5. The number of aryl methyl sites for hydroxylation is 1. The first-order chi connectivity index (χ1) is 19.0. The third kappa shape index (κ3) is 5.24. The molecule has 0 bridgehead atoms. The lowest BCUT2D eigenvalue weighted by Crippen LogP contribution is -2.57. The van der Waals surface area contributed by atoms with E-state index in [9.17, 15) is 14.4 Å². The Hall–Kier alpha value is -2.94. The zero-order valence-corrected chi connectivity index (χ0v) is 24.4. The van der Waals surface area contributed by atoms with E-state index in [0.29, 0.717) is 30.2 Å². The van der Waals surface area contributed by atoms with E-state index in [0.717, 1.165) is 68.5 Å². The van der Waals surface area contributed by atoms with E-state index in [1.165, 1.54) is 18.4 Å². The van der Waals surface area contributed by atoms with Crippen LogP contribution in [0.2, 0.25) is 0 Å². The zero-order valence-electron chi connectivity index (χ0n) is 24.4. The second kappa shape index (κ2) is 10.2. The van der Waals surface area contributed by atoms with Crippen LogP contribution < -0.4 is 5.32 Å². The quantitative estimate of drug-likeness (QED) is 0.568. The summed E-state index contributed by atoms with van der Waals surface area (Å²) in [5.74, 6) is -0.277. The summed E-state index contributed by atoms with van der Waals surface area (Å²) in [6.07, 6.45) is 7.69. The van der Waals surface area contributed by atoms with Gasteiger partial charge in [0.05, 0.1) is 17.1 Å². The second-order valence-electron chi connectivity index (χ2n) is 13.6. The number of carbonyl (C=O) groups excluding carboxylic acids is 3. The predicted molar refractivity (Wildman–Crippen MR) is 152 cm³/mol. The van der Waals surface area contributed by atoms with E-state index in [4.69, 9.17) is 9.84 Å². The lowest BCUT2D eigenvalue weighted by Gasteiger charge is -2.56. The minimum atomic E-state index is -0.442. The van der Waals surface area contributed by atoms with Gasteiger partial charge in [-0.25, -0.2) is 4.79 Å². The van der Waals surface area contributed by atoms with Crippen LogP contribution in [-0.2, 0) is 21.4 Å². The third-order valence-corrected chi connectivity index (χ3v) is 9.80. The highest BCUT2D eigenvalue weighted by atomic mass is 16.6. The molecule has 1 N–H and O–H groups in total. The van der Waals surface area contributed by atoms with Crippen molar-refractivity contribution in [1.82, 2.24) is 24.9 Å². The normalized spacial score (nSPS) is 24.8. The fourth-order valence-corrected chi connectivity index (χ4v) is 7.46. The van der Waals surface area contributed by atoms with Gasteiger partial charge in [0.2, 0.25) is 11.8 Å². The van der Waals surface area contributed by atoms with Crippen molar-refractivity contribution in [1.29, 1.82) is 0 Å². The molecule has 3 saturated heterocycles. The van der Waals surface area contributed by atoms with Crippen LogP contribution in [0, 0.1) is 5.41 Å². The predicted octanol–water partition coefficient (Wildman–Crippen LogP) is 4.45. The van der Waals surface area contributed by atoms with E-state index in [1.54, 1.807) is 0 Å². The molecule has 4 aliphatic rings. The maximum Gasteiger partial charge on any atom is 0.410 e. The van der Waals surface area contributed by atoms with E-state index in [-0.39, 0.29) is 23.8 Å². The van der Waals surface area contributed by atoms with Gasteiger partial charge < -0.3 is 14.5 Å². The molecular formula is C31H43N5O4. The van der Waals surface area contributed by atoms with Crippen LogP contribution in [0.5, 0.6) is 0 Å². The van der Waals surface area contributed by atoms with E-state index in [1.807, 2.05) is 37.4 Å². The fourth-order valence-electron chi connectivity index (χ4n) is 7.46. The van der Waals surface area contributed by atoms with Crippen molar-refractivity contribution in [3.8, 4) is 0 Å². The Labute approximate surface area is 236 Å². The summed E-state index contributed by atoms with van der Waals surface area (Å²) in [7, 11) is 1.94. The van der Waals surface area contributed by atoms with E-state index in [2.05, 4.69) is 28.4 Å². The standard InChI is InChI=1S/C31H43N5O4/c1-30(2,3)40-29(39)36-15-11-31(12-16-36)18-22(19-31)35-13-9-20(10-14-35)21-5-6-23-25(17-21)34(4)33-27(23)24-7-8-26(37)32-28(24)38/h5-6,17,20,22,24H,7-16,18-19H2,1-4H3,(H,32,37,38). The van der Waals surface area contributed by atoms with Gasteiger partial charge in [0.1, 0.15) is 5.60 Å². The molecule has 0 radical (unpaired) electrons. The summed E-state index contributed by atoms with van der Waals surface area (Å²) in [5, 5.41) is 8.19. The molecule has 9 heteroatoms. The van der Waals surface area contributed by atoms with Gasteiger partial charge >= 0.3 is 6.09 Å². The van der Waals surface area contributed by atoms with Crippen molar-refractivity contribution in [3.63, 3.8) is 0 Å². The number of aromatic nitrogens is 2. The number of carbonyl (C=O) groups is 3. The number of fused-ring (bicyclic) bond motifs is 1. The molecule has 1 aliphatic carbocycles. The molecule has 1 aromatic heterocycles. The number of ether oxygens (including phenoxy) is 1. The van der Waals surface area contributed by atoms with Crippen molar-refractivity contribution in [2.24, 2.45) is 12.5 Å². The number of nitrogens with zero attached hydrogens (tertiary/aromatic N) is 4. The summed E-state index contributed by atoms with van der Waals surface area (Å²) in [5.41, 5.74) is 3.15. The van der Waals surface area contributed by atoms with Crippen LogP contribution >= 0.6 is 0 Å². The van der Waals surface area contributed by atoms with Gasteiger partial charge in [0, 0.05) is 38.0 Å². The molecule has 1 atom stereocenters.